The fourth-order valence-corrected chi connectivity index (χ4v) is 5.04. The van der Waals surface area contributed by atoms with Crippen LogP contribution in [0, 0.1) is 23.3 Å². The highest BCUT2D eigenvalue weighted by atomic mass is 19.2. The molecule has 11 nitrogen and oxygen atoms in total. The highest BCUT2D eigenvalue weighted by Crippen LogP contribution is 2.32. The van der Waals surface area contributed by atoms with Crippen LogP contribution in [0.15, 0.2) is 61.7 Å². The van der Waals surface area contributed by atoms with Crippen LogP contribution in [0.1, 0.15) is 76.1 Å². The standard InChI is InChI=1S/C17H20F2N3O3.C17H19F2N3O2/c1-10(2)22(11(3)4)17(23)15-14(6-5-13(18)16(15)19)25-12-7-20-9-21(24)8-12;1-10(2)22(11(3)4)17(23)15-14(6-5-13(18)16(15)19)24-12-7-20-9-21-8-12/h5-11,24H,1-4H3;5-11H,1-4H3/q+1;. The van der Waals surface area contributed by atoms with Crippen LogP contribution in [0.25, 0.3) is 0 Å². The first-order valence-corrected chi connectivity index (χ1v) is 15.3. The van der Waals surface area contributed by atoms with Crippen molar-refractivity contribution in [3.63, 3.8) is 0 Å². The van der Waals surface area contributed by atoms with E-state index < -0.39 is 46.2 Å². The summed E-state index contributed by atoms with van der Waals surface area (Å²) in [7, 11) is 0. The van der Waals surface area contributed by atoms with Gasteiger partial charge in [0.25, 0.3) is 11.8 Å². The predicted octanol–water partition coefficient (Wildman–Crippen LogP) is 6.74. The normalized spacial score (nSPS) is 11.0. The molecule has 2 aromatic heterocycles. The van der Waals surface area contributed by atoms with Crippen molar-refractivity contribution in [1.82, 2.24) is 24.8 Å². The molecule has 0 radical (unpaired) electrons. The van der Waals surface area contributed by atoms with E-state index in [-0.39, 0.29) is 47.2 Å². The predicted molar refractivity (Wildman–Crippen MR) is 169 cm³/mol. The minimum atomic E-state index is -1.28. The SMILES string of the molecule is CC(C)N(C(=O)c1c(Oc2cnc[n+](O)c2)ccc(F)c1F)C(C)C.CC(C)N(C(=O)c1c(Oc2cncnc2)ccc(F)c1F)C(C)C. The van der Waals surface area contributed by atoms with Crippen molar-refractivity contribution in [2.75, 3.05) is 0 Å². The van der Waals surface area contributed by atoms with Gasteiger partial charge in [0.05, 0.1) is 12.4 Å². The number of nitrogens with zero attached hydrogens (tertiary/aromatic N) is 6. The van der Waals surface area contributed by atoms with Crippen LogP contribution in [-0.2, 0) is 0 Å². The van der Waals surface area contributed by atoms with Crippen molar-refractivity contribution in [3.05, 3.63) is 96.1 Å². The molecule has 0 bridgehead atoms. The Morgan fingerprint density at radius 2 is 1.04 bits per heavy atom. The van der Waals surface area contributed by atoms with Crippen LogP contribution in [0.2, 0.25) is 0 Å². The van der Waals surface area contributed by atoms with Crippen LogP contribution >= 0.6 is 0 Å². The summed E-state index contributed by atoms with van der Waals surface area (Å²) in [5.41, 5.74) is -0.947. The van der Waals surface area contributed by atoms with E-state index in [1.165, 1.54) is 53.0 Å². The second-order valence-electron chi connectivity index (χ2n) is 11.9. The summed E-state index contributed by atoms with van der Waals surface area (Å²) in [4.78, 5) is 39.8. The van der Waals surface area contributed by atoms with E-state index in [4.69, 9.17) is 9.47 Å². The van der Waals surface area contributed by atoms with Crippen molar-refractivity contribution in [2.45, 2.75) is 79.6 Å². The molecule has 0 unspecified atom stereocenters. The summed E-state index contributed by atoms with van der Waals surface area (Å²) in [6.45, 7) is 14.4. The molecule has 1 N–H and O–H groups in total. The number of benzene rings is 2. The average Bonchev–Trinajstić information content (AvgIpc) is 3.01. The first-order chi connectivity index (χ1) is 23.0. The van der Waals surface area contributed by atoms with Gasteiger partial charge in [-0.2, -0.15) is 0 Å². The van der Waals surface area contributed by atoms with Gasteiger partial charge in [0.1, 0.15) is 29.0 Å². The summed E-state index contributed by atoms with van der Waals surface area (Å²) < 4.78 is 67.8. The minimum absolute atomic E-state index is 0.0608. The van der Waals surface area contributed by atoms with E-state index in [1.54, 1.807) is 55.4 Å². The zero-order valence-electron chi connectivity index (χ0n) is 28.4. The molecule has 0 aliphatic heterocycles. The van der Waals surface area contributed by atoms with E-state index in [1.807, 2.05) is 0 Å². The Morgan fingerprint density at radius 3 is 1.43 bits per heavy atom. The summed E-state index contributed by atoms with van der Waals surface area (Å²) in [5, 5.41) is 9.37. The molecule has 4 rings (SSSR count). The zero-order chi connectivity index (χ0) is 36.6. The molecule has 49 heavy (non-hydrogen) atoms. The van der Waals surface area contributed by atoms with Gasteiger partial charge in [-0.1, -0.05) is 4.73 Å². The lowest BCUT2D eigenvalue weighted by Gasteiger charge is -2.31. The zero-order valence-corrected chi connectivity index (χ0v) is 28.4. The lowest BCUT2D eigenvalue weighted by Crippen LogP contribution is -2.42. The number of aromatic nitrogens is 4. The van der Waals surface area contributed by atoms with Gasteiger partial charge >= 0.3 is 6.33 Å². The topological polar surface area (TPSA) is 122 Å². The van der Waals surface area contributed by atoms with Crippen LogP contribution in [0.4, 0.5) is 17.6 Å². The van der Waals surface area contributed by atoms with Crippen molar-refractivity contribution in [1.29, 1.82) is 0 Å². The summed E-state index contributed by atoms with van der Waals surface area (Å²) in [5.74, 6) is -6.06. The summed E-state index contributed by atoms with van der Waals surface area (Å²) in [6.07, 6.45) is 7.60. The van der Waals surface area contributed by atoms with E-state index in [2.05, 4.69) is 15.0 Å². The average molecular weight is 688 g/mol. The van der Waals surface area contributed by atoms with Gasteiger partial charge in [-0.05, 0) is 84.6 Å². The van der Waals surface area contributed by atoms with Crippen LogP contribution in [0.3, 0.4) is 0 Å². The van der Waals surface area contributed by atoms with E-state index >= 15 is 0 Å². The van der Waals surface area contributed by atoms with E-state index in [0.29, 0.717) is 4.73 Å². The van der Waals surface area contributed by atoms with Gasteiger partial charge in [0.15, 0.2) is 41.4 Å². The van der Waals surface area contributed by atoms with Gasteiger partial charge < -0.3 is 24.5 Å². The molecular weight excluding hydrogens is 648 g/mol. The van der Waals surface area contributed by atoms with Crippen LogP contribution in [-0.4, -0.2) is 65.9 Å². The molecule has 0 atom stereocenters. The molecule has 2 aromatic carbocycles. The molecular formula is C34H39F4N6O5+. The number of carbonyl (C=O) groups excluding carboxylic acids is 2. The molecule has 0 fully saturated rings. The maximum Gasteiger partial charge on any atom is 0.324 e. The summed E-state index contributed by atoms with van der Waals surface area (Å²) in [6, 6.07) is 3.36. The van der Waals surface area contributed by atoms with Crippen molar-refractivity contribution in [3.8, 4) is 23.0 Å². The first kappa shape index (κ1) is 38.1. The lowest BCUT2D eigenvalue weighted by atomic mass is 10.1. The number of halogens is 4. The third-order valence-electron chi connectivity index (χ3n) is 6.87. The molecule has 0 aliphatic carbocycles. The van der Waals surface area contributed by atoms with Crippen molar-refractivity contribution < 1.29 is 46.6 Å². The quantitative estimate of drug-likeness (QED) is 0.111. The van der Waals surface area contributed by atoms with Gasteiger partial charge in [-0.3, -0.25) is 9.59 Å². The molecule has 15 heteroatoms. The molecule has 2 amide bonds. The smallest absolute Gasteiger partial charge is 0.324 e. The first-order valence-electron chi connectivity index (χ1n) is 15.3. The van der Waals surface area contributed by atoms with Crippen LogP contribution < -0.4 is 14.2 Å². The Bertz CT molecular complexity index is 1740. The second kappa shape index (κ2) is 16.7. The Kier molecular flexibility index (Phi) is 13.0. The van der Waals surface area contributed by atoms with E-state index in [9.17, 15) is 32.4 Å². The number of hydrogen-bond donors (Lipinski definition) is 1. The molecule has 0 spiro atoms. The Morgan fingerprint density at radius 1 is 0.653 bits per heavy atom. The number of ether oxygens (including phenoxy) is 2. The van der Waals surface area contributed by atoms with E-state index in [0.717, 1.165) is 18.5 Å². The molecule has 0 saturated carbocycles. The molecule has 4 aromatic rings. The fourth-order valence-electron chi connectivity index (χ4n) is 5.04. The maximum absolute atomic E-state index is 14.4. The highest BCUT2D eigenvalue weighted by Gasteiger charge is 2.31. The largest absolute Gasteiger partial charge is 0.453 e. The van der Waals surface area contributed by atoms with Gasteiger partial charge in [-0.25, -0.2) is 27.5 Å². The van der Waals surface area contributed by atoms with Crippen molar-refractivity contribution >= 4 is 11.8 Å². The maximum atomic E-state index is 14.4. The Balaban J connectivity index is 0.000000266. The lowest BCUT2D eigenvalue weighted by molar-refractivity contribution is -0.906. The van der Waals surface area contributed by atoms with Crippen molar-refractivity contribution in [2.24, 2.45) is 0 Å². The Hall–Kier alpha value is -5.34. The minimum Gasteiger partial charge on any atom is -0.453 e. The van der Waals surface area contributed by atoms with Gasteiger partial charge in [0.2, 0.25) is 5.75 Å². The number of amides is 2. The Labute approximate surface area is 281 Å². The highest BCUT2D eigenvalue weighted by molar-refractivity contribution is 5.98. The monoisotopic (exact) mass is 687 g/mol. The van der Waals surface area contributed by atoms with Gasteiger partial charge in [-0.15, -0.1) is 0 Å². The third-order valence-corrected chi connectivity index (χ3v) is 6.87. The number of rotatable bonds is 10. The number of hydrogen-bond acceptors (Lipinski definition) is 8. The molecule has 2 heterocycles. The summed E-state index contributed by atoms with van der Waals surface area (Å²) >= 11 is 0. The van der Waals surface area contributed by atoms with Gasteiger partial charge in [0, 0.05) is 24.2 Å². The van der Waals surface area contributed by atoms with Crippen LogP contribution in [0.5, 0.6) is 23.0 Å². The molecule has 262 valence electrons. The third kappa shape index (κ3) is 9.39. The molecule has 0 aliphatic rings. The number of carbonyl (C=O) groups is 2. The fraction of sp³-hybridized carbons (Fsp3) is 0.353. The molecule has 0 saturated heterocycles. The second-order valence-corrected chi connectivity index (χ2v) is 11.9.